The van der Waals surface area contributed by atoms with Gasteiger partial charge in [-0.3, -0.25) is 0 Å². The summed E-state index contributed by atoms with van der Waals surface area (Å²) < 4.78 is 2.89. The van der Waals surface area contributed by atoms with Crippen LogP contribution in [-0.2, 0) is 0 Å². The van der Waals surface area contributed by atoms with Gasteiger partial charge in [0.2, 0.25) is 0 Å². The minimum Gasteiger partial charge on any atom is -0.394 e. The van der Waals surface area contributed by atoms with E-state index in [2.05, 4.69) is 8.61 Å². The molecule has 0 atom stereocenters. The number of nitrogens with zero attached hydrogens (tertiary/aromatic N) is 2. The van der Waals surface area contributed by atoms with Crippen LogP contribution in [0.25, 0.3) is 0 Å². The van der Waals surface area contributed by atoms with Crippen molar-refractivity contribution in [3.63, 3.8) is 0 Å². The van der Waals surface area contributed by atoms with Crippen LogP contribution in [0.4, 0.5) is 0 Å². The Kier molecular flexibility index (Phi) is 3.23. The molecule has 4 heteroatoms. The molecule has 0 heterocycles. The molecule has 0 aliphatic rings. The van der Waals surface area contributed by atoms with Gasteiger partial charge in [0.15, 0.2) is 0 Å². The topological polar surface area (TPSA) is 45.0 Å². The molecule has 0 rings (SSSR count). The van der Waals surface area contributed by atoms with Gasteiger partial charge in [-0.25, -0.2) is 0 Å². The van der Waals surface area contributed by atoms with Crippen molar-refractivity contribution < 1.29 is 5.21 Å². The number of hydrogen-bond acceptors (Lipinski definition) is 2. The van der Waals surface area contributed by atoms with Crippen molar-refractivity contribution in [3.05, 3.63) is 0 Å². The second-order valence-electron chi connectivity index (χ2n) is 0.165. The molecular weight excluding hydrogens is 171 g/mol. The monoisotopic (exact) mass is 172 g/mol. The van der Waals surface area contributed by atoms with Crippen LogP contribution in [0.15, 0.2) is 8.61 Å². The minimum absolute atomic E-state index is 1.56. The molecule has 4 heavy (non-hydrogen) atoms. The average Bonchev–Trinajstić information content (AvgIpc) is 1.37. The van der Waals surface area contributed by atoms with Crippen molar-refractivity contribution in [2.45, 2.75) is 0 Å². The van der Waals surface area contributed by atoms with Crippen LogP contribution in [0.1, 0.15) is 0 Å². The van der Waals surface area contributed by atoms with Gasteiger partial charge in [-0.2, -0.15) is 0 Å². The molecule has 0 aromatic rings. The second kappa shape index (κ2) is 3.13. The lowest BCUT2D eigenvalue weighted by atomic mass is 13.1. The van der Waals surface area contributed by atoms with Gasteiger partial charge in [0, 0.05) is 5.28 Å². The zero-order chi connectivity index (χ0) is 3.41. The summed E-state index contributed by atoms with van der Waals surface area (Å²) in [6.45, 7) is 0. The van der Waals surface area contributed by atoms with Gasteiger partial charge in [0.05, 0.1) is 0 Å². The Balaban J connectivity index is 2.55. The van der Waals surface area contributed by atoms with Crippen molar-refractivity contribution in [3.8, 4) is 0 Å². The van der Waals surface area contributed by atoms with Crippen molar-refractivity contribution in [1.82, 2.24) is 0 Å². The molecular formula is HIN2O. The predicted molar refractivity (Wildman–Crippen MR) is 20.7 cm³/mol. The summed E-state index contributed by atoms with van der Waals surface area (Å²) in [5, 5.41) is 9.67. The van der Waals surface area contributed by atoms with E-state index in [0.29, 0.717) is 0 Å². The molecule has 0 radical (unpaired) electrons. The molecule has 0 fully saturated rings. The van der Waals surface area contributed by atoms with Gasteiger partial charge in [-0.15, -0.1) is 0 Å². The smallest absolute Gasteiger partial charge is 0.115 e. The van der Waals surface area contributed by atoms with Crippen molar-refractivity contribution >= 4 is 22.9 Å². The maximum Gasteiger partial charge on any atom is 0.115 e. The van der Waals surface area contributed by atoms with Gasteiger partial charge in [0.25, 0.3) is 0 Å². The predicted octanol–water partition coefficient (Wildman–Crippen LogP) is 1.18. The van der Waals surface area contributed by atoms with Crippen LogP contribution in [0.3, 0.4) is 0 Å². The molecule has 0 aliphatic heterocycles. The van der Waals surface area contributed by atoms with E-state index in [9.17, 15) is 0 Å². The van der Waals surface area contributed by atoms with Crippen molar-refractivity contribution in [2.75, 3.05) is 0 Å². The van der Waals surface area contributed by atoms with Crippen LogP contribution in [0.5, 0.6) is 0 Å². The van der Waals surface area contributed by atoms with E-state index in [0.717, 1.165) is 0 Å². The first-order valence-electron chi connectivity index (χ1n) is 0.569. The summed E-state index contributed by atoms with van der Waals surface area (Å²) in [6, 6.07) is 0. The van der Waals surface area contributed by atoms with Gasteiger partial charge >= 0.3 is 0 Å². The number of hydrogen-bond donors (Lipinski definition) is 1. The van der Waals surface area contributed by atoms with Crippen LogP contribution in [0.2, 0.25) is 0 Å². The lowest BCUT2D eigenvalue weighted by Crippen LogP contribution is -1.30. The maximum atomic E-state index is 7.33. The largest absolute Gasteiger partial charge is 0.394 e. The van der Waals surface area contributed by atoms with E-state index in [4.69, 9.17) is 5.21 Å². The molecule has 0 bridgehead atoms. The standard InChI is InChI=1S/HIN2O/c1-2-3-4/h(H,2,4). The Morgan fingerprint density at radius 3 is 2.00 bits per heavy atom. The third-order valence-corrected chi connectivity index (χ3v) is 0.227. The van der Waals surface area contributed by atoms with Crippen LogP contribution in [0, 0.1) is 0 Å². The highest BCUT2D eigenvalue weighted by Crippen LogP contribution is 1.77. The van der Waals surface area contributed by atoms with Gasteiger partial charge in [-0.1, -0.05) is 3.33 Å². The molecule has 1 N–H and O–H groups in total. The molecule has 0 spiro atoms. The number of halogens is 1. The van der Waals surface area contributed by atoms with Gasteiger partial charge in [-0.05, 0) is 0 Å². The fourth-order valence-corrected chi connectivity index (χ4v) is 0. The molecule has 0 aromatic heterocycles. The fourth-order valence-electron chi connectivity index (χ4n) is 0. The van der Waals surface area contributed by atoms with Crippen molar-refractivity contribution in [1.29, 1.82) is 0 Å². The lowest BCUT2D eigenvalue weighted by Gasteiger charge is -1.50. The van der Waals surface area contributed by atoms with E-state index in [1.807, 2.05) is 0 Å². The quantitative estimate of drug-likeness (QED) is 0.332. The maximum absolute atomic E-state index is 7.33. The van der Waals surface area contributed by atoms with Gasteiger partial charge in [0.1, 0.15) is 22.9 Å². The van der Waals surface area contributed by atoms with Crippen LogP contribution in [-0.4, -0.2) is 5.21 Å². The second-order valence-corrected chi connectivity index (χ2v) is 0.597. The summed E-state index contributed by atoms with van der Waals surface area (Å²) in [5.41, 5.74) is 0. The van der Waals surface area contributed by atoms with Crippen LogP contribution < -0.4 is 0 Å². The Bertz CT molecular complexity index is 21.2. The summed E-state index contributed by atoms with van der Waals surface area (Å²) in [7, 11) is 0. The Morgan fingerprint density at radius 2 is 2.00 bits per heavy atom. The van der Waals surface area contributed by atoms with Crippen LogP contribution >= 0.6 is 22.9 Å². The van der Waals surface area contributed by atoms with E-state index >= 15 is 0 Å². The first kappa shape index (κ1) is 4.13. The summed E-state index contributed by atoms with van der Waals surface area (Å²) in [6.07, 6.45) is 0. The third-order valence-electron chi connectivity index (χ3n) is 0.0338. The first-order chi connectivity index (χ1) is 1.91. The highest BCUT2D eigenvalue weighted by Gasteiger charge is 1.37. The van der Waals surface area contributed by atoms with E-state index in [-0.39, 0.29) is 0 Å². The molecule has 0 amide bonds. The summed E-state index contributed by atoms with van der Waals surface area (Å²) in [4.78, 5) is 0. The lowest BCUT2D eigenvalue weighted by molar-refractivity contribution is 0.295. The summed E-state index contributed by atoms with van der Waals surface area (Å²) >= 11 is 1.56. The molecule has 3 nitrogen and oxygen atoms in total. The fraction of sp³-hybridized carbons (Fsp3) is 0. The minimum atomic E-state index is 1.56. The van der Waals surface area contributed by atoms with Gasteiger partial charge < -0.3 is 5.21 Å². The zero-order valence-corrected chi connectivity index (χ0v) is 3.88. The molecule has 0 aromatic carbocycles. The molecule has 0 unspecified atom stereocenters. The van der Waals surface area contributed by atoms with E-state index < -0.39 is 0 Å². The Labute approximate surface area is 37.2 Å². The average molecular weight is 172 g/mol. The molecule has 0 saturated heterocycles. The Hall–Kier alpha value is 0.130. The molecule has 0 aliphatic carbocycles. The zero-order valence-electron chi connectivity index (χ0n) is 1.72. The van der Waals surface area contributed by atoms with Crippen molar-refractivity contribution in [2.24, 2.45) is 8.61 Å². The van der Waals surface area contributed by atoms with E-state index in [1.54, 1.807) is 22.9 Å². The summed E-state index contributed by atoms with van der Waals surface area (Å²) in [5.74, 6) is 0. The first-order valence-corrected chi connectivity index (χ1v) is 1.53. The molecule has 24 valence electrons. The third kappa shape index (κ3) is 2.13. The van der Waals surface area contributed by atoms with E-state index in [1.165, 1.54) is 0 Å². The highest BCUT2D eigenvalue weighted by molar-refractivity contribution is 14.1. The SMILES string of the molecule is ON=NI. The Morgan fingerprint density at radius 1 is 1.75 bits per heavy atom. The normalized spacial score (nSPS) is 9.25. The highest BCUT2D eigenvalue weighted by atomic mass is 127. The molecule has 0 saturated carbocycles. The number of rotatable bonds is 0.